The van der Waals surface area contributed by atoms with Gasteiger partial charge in [-0.25, -0.2) is 4.39 Å². The van der Waals surface area contributed by atoms with Crippen molar-refractivity contribution in [2.24, 2.45) is 5.92 Å². The van der Waals surface area contributed by atoms with Crippen molar-refractivity contribution in [3.63, 3.8) is 0 Å². The molecule has 0 radical (unpaired) electrons. The molecule has 0 aliphatic carbocycles. The zero-order chi connectivity index (χ0) is 14.7. The second kappa shape index (κ2) is 5.86. The first-order chi connectivity index (χ1) is 9.45. The minimum Gasteiger partial charge on any atom is -0.481 e. The Hall–Kier alpha value is -2.17. The van der Waals surface area contributed by atoms with E-state index in [0.29, 0.717) is 11.5 Å². The van der Waals surface area contributed by atoms with Crippen LogP contribution in [-0.2, 0) is 17.8 Å². The van der Waals surface area contributed by atoms with E-state index >= 15 is 0 Å². The van der Waals surface area contributed by atoms with Crippen molar-refractivity contribution in [2.75, 3.05) is 0 Å². The summed E-state index contributed by atoms with van der Waals surface area (Å²) >= 11 is 0. The molecule has 20 heavy (non-hydrogen) atoms. The number of carboxylic acid groups (broad SMARTS) is 1. The highest BCUT2D eigenvalue weighted by molar-refractivity contribution is 5.71. The van der Waals surface area contributed by atoms with Crippen molar-refractivity contribution in [2.45, 2.75) is 26.8 Å². The number of aromatic nitrogens is 2. The van der Waals surface area contributed by atoms with Crippen molar-refractivity contribution in [1.82, 2.24) is 9.78 Å². The molecule has 0 saturated heterocycles. The topological polar surface area (TPSA) is 55.1 Å². The Labute approximate surface area is 116 Å². The van der Waals surface area contributed by atoms with E-state index in [1.807, 2.05) is 10.9 Å². The maximum absolute atomic E-state index is 13.8. The van der Waals surface area contributed by atoms with Crippen molar-refractivity contribution >= 4 is 5.97 Å². The predicted octanol–water partition coefficient (Wildman–Crippen LogP) is 2.97. The van der Waals surface area contributed by atoms with E-state index in [1.54, 1.807) is 12.3 Å². The van der Waals surface area contributed by atoms with Crippen molar-refractivity contribution < 1.29 is 14.3 Å². The number of hydrogen-bond donors (Lipinski definition) is 1. The smallest absolute Gasteiger partial charge is 0.307 e. The van der Waals surface area contributed by atoms with Crippen LogP contribution in [0.4, 0.5) is 4.39 Å². The Kier molecular flexibility index (Phi) is 4.17. The van der Waals surface area contributed by atoms with Gasteiger partial charge in [-0.3, -0.25) is 9.48 Å². The number of nitrogens with zero attached hydrogens (tertiary/aromatic N) is 2. The number of carbonyl (C=O) groups is 1. The second-order valence-corrected chi connectivity index (χ2v) is 5.22. The molecule has 0 saturated carbocycles. The first kappa shape index (κ1) is 14.2. The zero-order valence-electron chi connectivity index (χ0n) is 11.5. The van der Waals surface area contributed by atoms with Crippen LogP contribution in [0.1, 0.15) is 19.4 Å². The van der Waals surface area contributed by atoms with Crippen LogP contribution in [0.15, 0.2) is 30.6 Å². The molecule has 1 heterocycles. The van der Waals surface area contributed by atoms with Gasteiger partial charge in [0.2, 0.25) is 0 Å². The Bertz CT molecular complexity index is 620. The van der Waals surface area contributed by atoms with Crippen LogP contribution < -0.4 is 0 Å². The fraction of sp³-hybridized carbons (Fsp3) is 0.333. The van der Waals surface area contributed by atoms with Gasteiger partial charge in [0.15, 0.2) is 0 Å². The predicted molar refractivity (Wildman–Crippen MR) is 73.8 cm³/mol. The van der Waals surface area contributed by atoms with Gasteiger partial charge < -0.3 is 5.11 Å². The number of carboxylic acids is 1. The number of aliphatic carboxylic acids is 1. The molecule has 0 amide bonds. The quantitative estimate of drug-likeness (QED) is 0.913. The minimum atomic E-state index is -1.04. The highest BCUT2D eigenvalue weighted by Crippen LogP contribution is 2.22. The van der Waals surface area contributed by atoms with Crippen LogP contribution in [0.25, 0.3) is 11.1 Å². The molecular formula is C15H17FN2O2. The molecule has 4 nitrogen and oxygen atoms in total. The molecule has 0 spiro atoms. The van der Waals surface area contributed by atoms with Crippen LogP contribution >= 0.6 is 0 Å². The number of benzene rings is 1. The summed E-state index contributed by atoms with van der Waals surface area (Å²) < 4.78 is 15.6. The molecule has 1 N–H and O–H groups in total. The molecule has 106 valence electrons. The lowest BCUT2D eigenvalue weighted by molar-refractivity contribution is -0.136. The molecule has 2 aromatic rings. The lowest BCUT2D eigenvalue weighted by atomic mass is 10.0. The average Bonchev–Trinajstić information content (AvgIpc) is 2.78. The van der Waals surface area contributed by atoms with E-state index in [4.69, 9.17) is 5.11 Å². The molecule has 1 aromatic carbocycles. The van der Waals surface area contributed by atoms with Crippen molar-refractivity contribution in [3.05, 3.63) is 42.0 Å². The molecule has 0 aliphatic rings. The highest BCUT2D eigenvalue weighted by Gasteiger charge is 2.10. The molecule has 0 bridgehead atoms. The molecule has 0 fully saturated rings. The van der Waals surface area contributed by atoms with Crippen molar-refractivity contribution in [1.29, 1.82) is 0 Å². The summed E-state index contributed by atoms with van der Waals surface area (Å²) in [7, 11) is 0. The SMILES string of the molecule is CC(C)Cn1cc(-c2ccc(CC(=O)O)c(F)c2)cn1. The molecule has 1 aromatic heterocycles. The van der Waals surface area contributed by atoms with Gasteiger partial charge in [0.1, 0.15) is 5.82 Å². The summed E-state index contributed by atoms with van der Waals surface area (Å²) in [6.07, 6.45) is 3.25. The molecule has 2 rings (SSSR count). The number of hydrogen-bond acceptors (Lipinski definition) is 2. The van der Waals surface area contributed by atoms with E-state index in [9.17, 15) is 9.18 Å². The zero-order valence-corrected chi connectivity index (χ0v) is 11.5. The third kappa shape index (κ3) is 3.44. The van der Waals surface area contributed by atoms with E-state index in [0.717, 1.165) is 12.1 Å². The van der Waals surface area contributed by atoms with Crippen LogP contribution in [0.5, 0.6) is 0 Å². The monoisotopic (exact) mass is 276 g/mol. The normalized spacial score (nSPS) is 11.0. The maximum atomic E-state index is 13.8. The van der Waals surface area contributed by atoms with Gasteiger partial charge in [0.25, 0.3) is 0 Å². The van der Waals surface area contributed by atoms with E-state index < -0.39 is 11.8 Å². The molecular weight excluding hydrogens is 259 g/mol. The molecule has 5 heteroatoms. The molecule has 0 atom stereocenters. The van der Waals surface area contributed by atoms with Crippen LogP contribution in [-0.4, -0.2) is 20.9 Å². The largest absolute Gasteiger partial charge is 0.481 e. The van der Waals surface area contributed by atoms with Gasteiger partial charge in [0, 0.05) is 18.3 Å². The Morgan fingerprint density at radius 3 is 2.75 bits per heavy atom. The first-order valence-corrected chi connectivity index (χ1v) is 6.48. The fourth-order valence-corrected chi connectivity index (χ4v) is 2.02. The summed E-state index contributed by atoms with van der Waals surface area (Å²) in [5.74, 6) is -1.06. The highest BCUT2D eigenvalue weighted by atomic mass is 19.1. The first-order valence-electron chi connectivity index (χ1n) is 6.48. The molecule has 0 aliphatic heterocycles. The van der Waals surface area contributed by atoms with Crippen molar-refractivity contribution in [3.8, 4) is 11.1 Å². The minimum absolute atomic E-state index is 0.191. The third-order valence-corrected chi connectivity index (χ3v) is 2.91. The Morgan fingerprint density at radius 1 is 1.40 bits per heavy atom. The van der Waals surface area contributed by atoms with Gasteiger partial charge >= 0.3 is 5.97 Å². The van der Waals surface area contributed by atoms with Gasteiger partial charge in [-0.05, 0) is 23.1 Å². The summed E-state index contributed by atoms with van der Waals surface area (Å²) in [5.41, 5.74) is 1.72. The summed E-state index contributed by atoms with van der Waals surface area (Å²) in [4.78, 5) is 10.6. The van der Waals surface area contributed by atoms with Crippen LogP contribution in [0.3, 0.4) is 0 Å². The van der Waals surface area contributed by atoms with E-state index in [2.05, 4.69) is 18.9 Å². The average molecular weight is 276 g/mol. The van der Waals surface area contributed by atoms with Gasteiger partial charge in [-0.15, -0.1) is 0 Å². The lowest BCUT2D eigenvalue weighted by Gasteiger charge is -2.04. The standard InChI is InChI=1S/C15H17FN2O2/c1-10(2)8-18-9-13(7-17-18)11-3-4-12(6-15(19)20)14(16)5-11/h3-5,7,9-10H,6,8H2,1-2H3,(H,19,20). The Morgan fingerprint density at radius 2 is 2.15 bits per heavy atom. The van der Waals surface area contributed by atoms with E-state index in [-0.39, 0.29) is 12.0 Å². The maximum Gasteiger partial charge on any atom is 0.307 e. The summed E-state index contributed by atoms with van der Waals surface area (Å²) in [6.45, 7) is 5.00. The number of halogens is 1. The lowest BCUT2D eigenvalue weighted by Crippen LogP contribution is -2.04. The summed E-state index contributed by atoms with van der Waals surface area (Å²) in [6, 6.07) is 4.59. The van der Waals surface area contributed by atoms with E-state index in [1.165, 1.54) is 12.1 Å². The summed E-state index contributed by atoms with van der Waals surface area (Å²) in [5, 5.41) is 12.9. The third-order valence-electron chi connectivity index (χ3n) is 2.91. The van der Waals surface area contributed by atoms with Gasteiger partial charge in [0.05, 0.1) is 12.6 Å². The van der Waals surface area contributed by atoms with Crippen LogP contribution in [0, 0.1) is 11.7 Å². The van der Waals surface area contributed by atoms with Gasteiger partial charge in [-0.1, -0.05) is 26.0 Å². The van der Waals surface area contributed by atoms with Gasteiger partial charge in [-0.2, -0.15) is 5.10 Å². The fourth-order valence-electron chi connectivity index (χ4n) is 2.02. The number of rotatable bonds is 5. The molecule has 0 unspecified atom stereocenters. The Balaban J connectivity index is 2.23. The van der Waals surface area contributed by atoms with Crippen LogP contribution in [0.2, 0.25) is 0 Å². The second-order valence-electron chi connectivity index (χ2n) is 5.22.